The first-order valence-electron chi connectivity index (χ1n) is 11.4. The summed E-state index contributed by atoms with van der Waals surface area (Å²) < 4.78 is 5.99. The van der Waals surface area contributed by atoms with Gasteiger partial charge in [0.25, 0.3) is 0 Å². The molecule has 1 aliphatic heterocycles. The highest BCUT2D eigenvalue weighted by Gasteiger charge is 2.20. The van der Waals surface area contributed by atoms with E-state index in [1.807, 2.05) is 24.3 Å². The van der Waals surface area contributed by atoms with Gasteiger partial charge in [0.15, 0.2) is 5.43 Å². The van der Waals surface area contributed by atoms with E-state index in [0.717, 1.165) is 22.1 Å². The van der Waals surface area contributed by atoms with E-state index in [-0.39, 0.29) is 11.2 Å². The van der Waals surface area contributed by atoms with Crippen LogP contribution in [0.25, 0.3) is 33.4 Å². The molecule has 0 saturated carbocycles. The van der Waals surface area contributed by atoms with Gasteiger partial charge in [-0.15, -0.1) is 0 Å². The van der Waals surface area contributed by atoms with Gasteiger partial charge in [-0.05, 0) is 53.7 Å². The summed E-state index contributed by atoms with van der Waals surface area (Å²) in [5, 5.41) is 14.8. The quantitative estimate of drug-likeness (QED) is 0.252. The third-order valence-corrected chi connectivity index (χ3v) is 8.56. The molecule has 0 amide bonds. The maximum atomic E-state index is 12.0. The van der Waals surface area contributed by atoms with Crippen LogP contribution < -0.4 is 21.3 Å². The van der Waals surface area contributed by atoms with Gasteiger partial charge in [0.05, 0.1) is 0 Å². The summed E-state index contributed by atoms with van der Waals surface area (Å²) >= 11 is 0. The fraction of sp³-hybridized carbons (Fsp3) is 0. The largest absolute Gasteiger partial charge is 0.508 e. The Labute approximate surface area is 204 Å². The van der Waals surface area contributed by atoms with E-state index in [4.69, 9.17) is 4.42 Å². The standard InChI is InChI=1S/C31H21O3P/c32-22-13-17-27-29(19-22)34-30-20-23(33)14-18-28(30)31(27)21-11-15-26(16-12-21)35(24-7-3-1-4-8-24)25-9-5-2-6-10-25/h1-20,32H. The Morgan fingerprint density at radius 2 is 1.26 bits per heavy atom. The maximum absolute atomic E-state index is 12.0. The molecule has 0 radical (unpaired) electrons. The van der Waals surface area contributed by atoms with E-state index < -0.39 is 7.92 Å². The summed E-state index contributed by atoms with van der Waals surface area (Å²) in [7, 11) is -0.698. The van der Waals surface area contributed by atoms with Crippen molar-refractivity contribution in [2.75, 3.05) is 0 Å². The van der Waals surface area contributed by atoms with E-state index in [1.165, 1.54) is 22.0 Å². The van der Waals surface area contributed by atoms with E-state index in [0.29, 0.717) is 11.3 Å². The molecule has 0 aromatic heterocycles. The van der Waals surface area contributed by atoms with Crippen LogP contribution in [-0.2, 0) is 0 Å². The van der Waals surface area contributed by atoms with Crippen LogP contribution in [0.1, 0.15) is 0 Å². The Bertz CT molecular complexity index is 1620. The van der Waals surface area contributed by atoms with Gasteiger partial charge in [-0.2, -0.15) is 0 Å². The lowest BCUT2D eigenvalue weighted by Gasteiger charge is -2.20. The van der Waals surface area contributed by atoms with Crippen LogP contribution in [0.15, 0.2) is 131 Å². The minimum atomic E-state index is -0.698. The molecule has 0 spiro atoms. The maximum Gasteiger partial charge on any atom is 0.182 e. The molecule has 0 fully saturated rings. The molecule has 0 saturated heterocycles. The molecule has 6 rings (SSSR count). The number of hydrogen-bond donors (Lipinski definition) is 1. The lowest BCUT2D eigenvalue weighted by Crippen LogP contribution is -2.20. The third kappa shape index (κ3) is 4.01. The van der Waals surface area contributed by atoms with Crippen LogP contribution in [0.5, 0.6) is 5.75 Å². The van der Waals surface area contributed by atoms with Gasteiger partial charge in [-0.25, -0.2) is 0 Å². The molecule has 4 heteroatoms. The van der Waals surface area contributed by atoms with Crippen molar-refractivity contribution >= 4 is 34.8 Å². The van der Waals surface area contributed by atoms with E-state index in [9.17, 15) is 9.90 Å². The average Bonchev–Trinajstić information content (AvgIpc) is 2.89. The molecule has 2 aliphatic rings. The molecule has 0 unspecified atom stereocenters. The summed E-state index contributed by atoms with van der Waals surface area (Å²) in [6.07, 6.45) is 0. The lowest BCUT2D eigenvalue weighted by molar-refractivity contribution is 0.474. The van der Waals surface area contributed by atoms with Gasteiger partial charge >= 0.3 is 0 Å². The molecule has 0 bridgehead atoms. The van der Waals surface area contributed by atoms with Crippen molar-refractivity contribution < 1.29 is 9.52 Å². The van der Waals surface area contributed by atoms with Gasteiger partial charge in [-0.3, -0.25) is 4.79 Å². The Morgan fingerprint density at radius 1 is 0.629 bits per heavy atom. The summed E-state index contributed by atoms with van der Waals surface area (Å²) in [4.78, 5) is 12.0. The summed E-state index contributed by atoms with van der Waals surface area (Å²) in [6.45, 7) is 0. The van der Waals surface area contributed by atoms with Crippen LogP contribution in [0.2, 0.25) is 0 Å². The monoisotopic (exact) mass is 472 g/mol. The molecule has 168 valence electrons. The van der Waals surface area contributed by atoms with Crippen molar-refractivity contribution in [3.8, 4) is 28.2 Å². The van der Waals surface area contributed by atoms with Gasteiger partial charge in [0, 0.05) is 28.6 Å². The van der Waals surface area contributed by atoms with E-state index in [2.05, 4.69) is 72.8 Å². The van der Waals surface area contributed by atoms with E-state index >= 15 is 0 Å². The van der Waals surface area contributed by atoms with Gasteiger partial charge in [0.1, 0.15) is 17.1 Å². The minimum Gasteiger partial charge on any atom is -0.508 e. The highest BCUT2D eigenvalue weighted by molar-refractivity contribution is 7.79. The summed E-state index contributed by atoms with van der Waals surface area (Å²) in [5.41, 5.74) is 3.30. The van der Waals surface area contributed by atoms with Crippen LogP contribution in [0.3, 0.4) is 0 Å². The highest BCUT2D eigenvalue weighted by atomic mass is 31.1. The molecular weight excluding hydrogens is 451 g/mol. The number of phenolic OH excluding ortho intramolecular Hbond substituents is 1. The second kappa shape index (κ2) is 8.87. The van der Waals surface area contributed by atoms with Crippen molar-refractivity contribution in [1.29, 1.82) is 0 Å². The van der Waals surface area contributed by atoms with Crippen LogP contribution >= 0.6 is 7.92 Å². The van der Waals surface area contributed by atoms with Crippen molar-refractivity contribution in [1.82, 2.24) is 0 Å². The van der Waals surface area contributed by atoms with Crippen molar-refractivity contribution in [3.05, 3.63) is 132 Å². The second-order valence-corrected chi connectivity index (χ2v) is 10.6. The predicted molar refractivity (Wildman–Crippen MR) is 145 cm³/mol. The fourth-order valence-electron chi connectivity index (χ4n) is 4.55. The molecule has 0 atom stereocenters. The topological polar surface area (TPSA) is 50.4 Å². The first-order chi connectivity index (χ1) is 17.2. The number of hydrogen-bond acceptors (Lipinski definition) is 3. The van der Waals surface area contributed by atoms with Crippen molar-refractivity contribution in [2.24, 2.45) is 0 Å². The van der Waals surface area contributed by atoms with E-state index in [1.54, 1.807) is 18.2 Å². The first kappa shape index (κ1) is 21.3. The Kier molecular flexibility index (Phi) is 5.41. The number of rotatable bonds is 4. The SMILES string of the molecule is O=c1ccc2c(-c3ccc(P(c4ccccc4)c4ccccc4)cc3)c3ccc(O)cc3oc-2c1. The van der Waals surface area contributed by atoms with Crippen LogP contribution in [-0.4, -0.2) is 5.11 Å². The summed E-state index contributed by atoms with van der Waals surface area (Å²) in [5.74, 6) is 0.627. The number of phenols is 1. The first-order valence-corrected chi connectivity index (χ1v) is 12.7. The van der Waals surface area contributed by atoms with Crippen LogP contribution in [0.4, 0.5) is 0 Å². The Balaban J connectivity index is 1.53. The smallest absolute Gasteiger partial charge is 0.182 e. The molecule has 4 aromatic carbocycles. The third-order valence-electron chi connectivity index (χ3n) is 6.12. The number of fused-ring (bicyclic) bond motifs is 2. The fourth-order valence-corrected chi connectivity index (χ4v) is 6.83. The molecule has 1 N–H and O–H groups in total. The highest BCUT2D eigenvalue weighted by Crippen LogP contribution is 2.41. The normalized spacial score (nSPS) is 11.3. The Hall–Kier alpha value is -4.20. The Morgan fingerprint density at radius 3 is 1.91 bits per heavy atom. The van der Waals surface area contributed by atoms with Gasteiger partial charge < -0.3 is 9.52 Å². The number of benzene rings is 5. The molecule has 35 heavy (non-hydrogen) atoms. The van der Waals surface area contributed by atoms with Gasteiger partial charge in [-0.1, -0.05) is 84.9 Å². The van der Waals surface area contributed by atoms with Crippen molar-refractivity contribution in [2.45, 2.75) is 0 Å². The molecule has 1 aliphatic carbocycles. The van der Waals surface area contributed by atoms with Crippen molar-refractivity contribution in [3.63, 3.8) is 0 Å². The molecule has 4 aromatic rings. The zero-order chi connectivity index (χ0) is 23.8. The average molecular weight is 472 g/mol. The predicted octanol–water partition coefficient (Wildman–Crippen LogP) is 6.03. The molecule has 1 heterocycles. The lowest BCUT2D eigenvalue weighted by atomic mass is 9.94. The zero-order valence-corrected chi connectivity index (χ0v) is 19.7. The molecular formula is C31H21O3P. The summed E-state index contributed by atoms with van der Waals surface area (Å²) in [6, 6.07) is 39.9. The number of aromatic hydroxyl groups is 1. The molecule has 3 nitrogen and oxygen atoms in total. The van der Waals surface area contributed by atoms with Crippen LogP contribution in [0, 0.1) is 0 Å². The zero-order valence-electron chi connectivity index (χ0n) is 18.8. The second-order valence-electron chi connectivity index (χ2n) is 8.37. The van der Waals surface area contributed by atoms with Gasteiger partial charge in [0.2, 0.25) is 0 Å². The minimum absolute atomic E-state index is 0.113.